The Morgan fingerprint density at radius 3 is 2.58 bits per heavy atom. The number of morpholine rings is 1. The largest absolute Gasteiger partial charge is 0.381 e. The molecule has 1 heterocycles. The maximum Gasteiger partial charge on any atom is 0.191 e. The molecular formula is C19H33IN4O2. The van der Waals surface area contributed by atoms with E-state index in [9.17, 15) is 0 Å². The molecule has 0 saturated carbocycles. The molecule has 1 aliphatic heterocycles. The van der Waals surface area contributed by atoms with Gasteiger partial charge in [0.15, 0.2) is 5.96 Å². The van der Waals surface area contributed by atoms with Crippen LogP contribution in [0.2, 0.25) is 0 Å². The van der Waals surface area contributed by atoms with Crippen LogP contribution < -0.4 is 10.6 Å². The lowest BCUT2D eigenvalue weighted by Gasteiger charge is -2.26. The fourth-order valence-corrected chi connectivity index (χ4v) is 2.70. The highest BCUT2D eigenvalue weighted by molar-refractivity contribution is 14.0. The number of nitrogens with one attached hydrogen (secondary N) is 2. The molecule has 1 fully saturated rings. The smallest absolute Gasteiger partial charge is 0.191 e. The number of nitrogens with zero attached hydrogens (tertiary/aromatic N) is 2. The summed E-state index contributed by atoms with van der Waals surface area (Å²) in [6.45, 7) is 8.06. The highest BCUT2D eigenvalue weighted by atomic mass is 127. The molecule has 2 rings (SSSR count). The van der Waals surface area contributed by atoms with Crippen LogP contribution in [0, 0.1) is 0 Å². The third kappa shape index (κ3) is 10.3. The summed E-state index contributed by atoms with van der Waals surface area (Å²) in [6, 6.07) is 10.4. The Hall–Kier alpha value is -0.900. The summed E-state index contributed by atoms with van der Waals surface area (Å²) in [5.41, 5.74) is 1.32. The summed E-state index contributed by atoms with van der Waals surface area (Å²) in [4.78, 5) is 6.66. The highest BCUT2D eigenvalue weighted by Crippen LogP contribution is 1.99. The van der Waals surface area contributed by atoms with Gasteiger partial charge in [0.2, 0.25) is 0 Å². The molecule has 0 amide bonds. The van der Waals surface area contributed by atoms with Crippen LogP contribution in [-0.4, -0.2) is 77.1 Å². The van der Waals surface area contributed by atoms with Crippen LogP contribution in [0.15, 0.2) is 35.3 Å². The topological polar surface area (TPSA) is 58.1 Å². The molecule has 2 N–H and O–H groups in total. The van der Waals surface area contributed by atoms with Crippen molar-refractivity contribution >= 4 is 29.9 Å². The summed E-state index contributed by atoms with van der Waals surface area (Å²) in [7, 11) is 1.81. The van der Waals surface area contributed by atoms with E-state index >= 15 is 0 Å². The van der Waals surface area contributed by atoms with Gasteiger partial charge in [-0.15, -0.1) is 24.0 Å². The van der Waals surface area contributed by atoms with Crippen molar-refractivity contribution < 1.29 is 9.47 Å². The summed E-state index contributed by atoms with van der Waals surface area (Å²) >= 11 is 0. The van der Waals surface area contributed by atoms with Crippen molar-refractivity contribution in [3.63, 3.8) is 0 Å². The number of halogens is 1. The standard InChI is InChI=1S/C19H32N4O2.HI/c1-20-19(22-10-11-23-12-16-25-17-13-23)21-9-5-14-24-15-8-18-6-3-2-4-7-18;/h2-4,6-7H,5,8-17H2,1H3,(H2,20,21,22);1H. The zero-order valence-corrected chi connectivity index (χ0v) is 18.1. The zero-order valence-electron chi connectivity index (χ0n) is 15.8. The lowest BCUT2D eigenvalue weighted by molar-refractivity contribution is 0.0389. The fourth-order valence-electron chi connectivity index (χ4n) is 2.70. The van der Waals surface area contributed by atoms with Crippen LogP contribution in [0.5, 0.6) is 0 Å². The van der Waals surface area contributed by atoms with Gasteiger partial charge >= 0.3 is 0 Å². The van der Waals surface area contributed by atoms with Gasteiger partial charge in [-0.3, -0.25) is 9.89 Å². The summed E-state index contributed by atoms with van der Waals surface area (Å²) in [5, 5.41) is 6.69. The second kappa shape index (κ2) is 15.2. The number of hydrogen-bond donors (Lipinski definition) is 2. The lowest BCUT2D eigenvalue weighted by atomic mass is 10.2. The number of benzene rings is 1. The predicted octanol–water partition coefficient (Wildman–Crippen LogP) is 1.75. The molecule has 0 aliphatic carbocycles. The third-order valence-corrected chi connectivity index (χ3v) is 4.18. The molecule has 0 spiro atoms. The first kappa shape index (κ1) is 23.1. The lowest BCUT2D eigenvalue weighted by Crippen LogP contribution is -2.44. The minimum atomic E-state index is 0. The van der Waals surface area contributed by atoms with Gasteiger partial charge in [0.05, 0.1) is 19.8 Å². The first-order valence-electron chi connectivity index (χ1n) is 9.25. The molecule has 1 saturated heterocycles. The van der Waals surface area contributed by atoms with Crippen molar-refractivity contribution in [3.8, 4) is 0 Å². The van der Waals surface area contributed by atoms with Crippen molar-refractivity contribution in [2.75, 3.05) is 66.2 Å². The Labute approximate surface area is 174 Å². The van der Waals surface area contributed by atoms with Crippen molar-refractivity contribution in [1.29, 1.82) is 0 Å². The van der Waals surface area contributed by atoms with Crippen molar-refractivity contribution in [1.82, 2.24) is 15.5 Å². The summed E-state index contributed by atoms with van der Waals surface area (Å²) in [5.74, 6) is 0.859. The summed E-state index contributed by atoms with van der Waals surface area (Å²) < 4.78 is 11.1. The van der Waals surface area contributed by atoms with Crippen LogP contribution in [0.4, 0.5) is 0 Å². The van der Waals surface area contributed by atoms with E-state index in [-0.39, 0.29) is 24.0 Å². The van der Waals surface area contributed by atoms with Crippen molar-refractivity contribution in [2.45, 2.75) is 12.8 Å². The molecule has 0 aromatic heterocycles. The molecule has 1 aliphatic rings. The molecule has 0 atom stereocenters. The van der Waals surface area contributed by atoms with Gasteiger partial charge in [0.25, 0.3) is 0 Å². The number of rotatable bonds is 10. The average Bonchev–Trinajstić information content (AvgIpc) is 2.67. The minimum Gasteiger partial charge on any atom is -0.381 e. The molecule has 7 heteroatoms. The zero-order chi connectivity index (χ0) is 17.6. The molecule has 0 radical (unpaired) electrons. The Morgan fingerprint density at radius 1 is 1.12 bits per heavy atom. The first-order valence-corrected chi connectivity index (χ1v) is 9.25. The SMILES string of the molecule is CN=C(NCCCOCCc1ccccc1)NCCN1CCOCC1.I. The Morgan fingerprint density at radius 2 is 1.85 bits per heavy atom. The highest BCUT2D eigenvalue weighted by Gasteiger charge is 2.09. The van der Waals surface area contributed by atoms with Gasteiger partial charge in [0, 0.05) is 46.4 Å². The molecule has 26 heavy (non-hydrogen) atoms. The molecule has 148 valence electrons. The second-order valence-electron chi connectivity index (χ2n) is 6.08. The monoisotopic (exact) mass is 476 g/mol. The van der Waals surface area contributed by atoms with E-state index in [4.69, 9.17) is 9.47 Å². The quantitative estimate of drug-likeness (QED) is 0.233. The molecule has 0 unspecified atom stereocenters. The minimum absolute atomic E-state index is 0. The Bertz CT molecular complexity index is 482. The summed E-state index contributed by atoms with van der Waals surface area (Å²) in [6.07, 6.45) is 1.94. The maximum atomic E-state index is 5.69. The number of hydrogen-bond acceptors (Lipinski definition) is 4. The van der Waals surface area contributed by atoms with Crippen LogP contribution in [0.25, 0.3) is 0 Å². The van der Waals surface area contributed by atoms with Gasteiger partial charge in [0.1, 0.15) is 0 Å². The first-order chi connectivity index (χ1) is 12.4. The third-order valence-electron chi connectivity index (χ3n) is 4.18. The van der Waals surface area contributed by atoms with Crippen LogP contribution in [0.3, 0.4) is 0 Å². The van der Waals surface area contributed by atoms with Gasteiger partial charge in [-0.05, 0) is 18.4 Å². The van der Waals surface area contributed by atoms with Crippen LogP contribution >= 0.6 is 24.0 Å². The fraction of sp³-hybridized carbons (Fsp3) is 0.632. The number of guanidine groups is 1. The van der Waals surface area contributed by atoms with E-state index in [1.54, 1.807) is 7.05 Å². The van der Waals surface area contributed by atoms with E-state index < -0.39 is 0 Å². The Balaban J connectivity index is 0.00000338. The number of ether oxygens (including phenoxy) is 2. The van der Waals surface area contributed by atoms with Gasteiger partial charge in [-0.2, -0.15) is 0 Å². The van der Waals surface area contributed by atoms with Crippen LogP contribution in [-0.2, 0) is 15.9 Å². The van der Waals surface area contributed by atoms with E-state index in [1.807, 2.05) is 6.07 Å². The molecule has 1 aromatic carbocycles. The Kier molecular flexibility index (Phi) is 13.5. The van der Waals surface area contributed by atoms with Gasteiger partial charge < -0.3 is 20.1 Å². The van der Waals surface area contributed by atoms with Gasteiger partial charge in [-0.1, -0.05) is 30.3 Å². The maximum absolute atomic E-state index is 5.69. The van der Waals surface area contributed by atoms with E-state index in [2.05, 4.69) is 44.8 Å². The predicted molar refractivity (Wildman–Crippen MR) is 118 cm³/mol. The van der Waals surface area contributed by atoms with E-state index in [0.717, 1.165) is 78.0 Å². The number of aliphatic imine (C=N–C) groups is 1. The molecule has 1 aromatic rings. The molecular weight excluding hydrogens is 443 g/mol. The molecule has 6 nitrogen and oxygen atoms in total. The van der Waals surface area contributed by atoms with Gasteiger partial charge in [-0.25, -0.2) is 0 Å². The molecule has 0 bridgehead atoms. The second-order valence-corrected chi connectivity index (χ2v) is 6.08. The van der Waals surface area contributed by atoms with Crippen LogP contribution in [0.1, 0.15) is 12.0 Å². The normalized spacial score (nSPS) is 15.3. The van der Waals surface area contributed by atoms with Crippen molar-refractivity contribution in [2.24, 2.45) is 4.99 Å². The average molecular weight is 476 g/mol. The van der Waals surface area contributed by atoms with Crippen molar-refractivity contribution in [3.05, 3.63) is 35.9 Å². The van der Waals surface area contributed by atoms with E-state index in [1.165, 1.54) is 5.56 Å². The van der Waals surface area contributed by atoms with E-state index in [0.29, 0.717) is 0 Å².